The molecule has 0 aromatic heterocycles. The Morgan fingerprint density at radius 3 is 2.31 bits per heavy atom. The lowest BCUT2D eigenvalue weighted by atomic mass is 9.79. The molecule has 6 rings (SSSR count). The lowest BCUT2D eigenvalue weighted by Crippen LogP contribution is -2.44. The van der Waals surface area contributed by atoms with Gasteiger partial charge in [-0.25, -0.2) is 0 Å². The van der Waals surface area contributed by atoms with Gasteiger partial charge in [-0.2, -0.15) is 5.10 Å². The summed E-state index contributed by atoms with van der Waals surface area (Å²) >= 11 is 0. The van der Waals surface area contributed by atoms with Gasteiger partial charge in [-0.05, 0) is 44.7 Å². The normalized spacial score (nSPS) is 31.6. The van der Waals surface area contributed by atoms with Gasteiger partial charge in [0.2, 0.25) is 5.91 Å². The van der Waals surface area contributed by atoms with Crippen LogP contribution in [0.25, 0.3) is 10.8 Å². The summed E-state index contributed by atoms with van der Waals surface area (Å²) in [6.45, 7) is 16.2. The summed E-state index contributed by atoms with van der Waals surface area (Å²) in [5, 5.41) is 55.8. The zero-order valence-electron chi connectivity index (χ0n) is 35.2. The van der Waals surface area contributed by atoms with E-state index < -0.39 is 76.8 Å². The van der Waals surface area contributed by atoms with E-state index in [1.165, 1.54) is 40.4 Å². The summed E-state index contributed by atoms with van der Waals surface area (Å²) in [6, 6.07) is 0. The Morgan fingerprint density at radius 2 is 1.67 bits per heavy atom. The van der Waals surface area contributed by atoms with Crippen molar-refractivity contribution in [2.45, 2.75) is 92.3 Å². The largest absolute Gasteiger partial charge is 0.507 e. The molecular formula is C43H60N4O11. The SMILES string of the molecule is CO[C@@H]1/C=C/O[C@@]2(C)Oc3c(C)c(O)c4c(O)c(c(/C=N/N5CCN(C)CC5)c(O)c4c3C2=O)NC(=O)C(C)C/C=C/[C@H](C)C[C@@H](C)[C@@H](O)[C@@H](C)[C@H](OC(C)=O)[C@@H]1C. The van der Waals surface area contributed by atoms with E-state index in [1.807, 2.05) is 46.9 Å². The molecule has 0 aliphatic carbocycles. The van der Waals surface area contributed by atoms with Crippen LogP contribution in [0.1, 0.15) is 82.8 Å². The Kier molecular flexibility index (Phi) is 13.7. The van der Waals surface area contributed by atoms with Crippen LogP contribution in [0.3, 0.4) is 0 Å². The van der Waals surface area contributed by atoms with E-state index in [2.05, 4.69) is 15.3 Å². The Hall–Kier alpha value is -4.86. The van der Waals surface area contributed by atoms with Crippen molar-refractivity contribution in [3.63, 3.8) is 0 Å². The van der Waals surface area contributed by atoms with Crippen molar-refractivity contribution >= 4 is 40.3 Å². The number of methoxy groups -OCH3 is 1. The molecule has 15 nitrogen and oxygen atoms in total. The number of esters is 1. The zero-order chi connectivity index (χ0) is 42.8. The van der Waals surface area contributed by atoms with E-state index in [0.29, 0.717) is 25.9 Å². The van der Waals surface area contributed by atoms with Crippen LogP contribution < -0.4 is 10.1 Å². The van der Waals surface area contributed by atoms with E-state index in [9.17, 15) is 34.8 Å². The number of phenols is 3. The van der Waals surface area contributed by atoms with Crippen molar-refractivity contribution in [2.24, 2.45) is 34.7 Å². The molecule has 9 atom stereocenters. The van der Waals surface area contributed by atoms with E-state index in [0.717, 1.165) is 13.1 Å². The maximum Gasteiger partial charge on any atom is 0.312 e. The molecule has 4 aliphatic heterocycles. The first kappa shape index (κ1) is 44.2. The van der Waals surface area contributed by atoms with E-state index in [4.69, 9.17) is 18.9 Å². The molecule has 0 radical (unpaired) electrons. The van der Waals surface area contributed by atoms with Gasteiger partial charge in [-0.3, -0.25) is 19.4 Å². The van der Waals surface area contributed by atoms with Crippen molar-refractivity contribution in [2.75, 3.05) is 45.7 Å². The van der Waals surface area contributed by atoms with Gasteiger partial charge in [0.15, 0.2) is 5.75 Å². The molecule has 318 valence electrons. The maximum absolute atomic E-state index is 14.4. The highest BCUT2D eigenvalue weighted by molar-refractivity contribution is 6.23. The smallest absolute Gasteiger partial charge is 0.312 e. The molecule has 5 bridgehead atoms. The quantitative estimate of drug-likeness (QED) is 0.0861. The second-order valence-corrected chi connectivity index (χ2v) is 16.5. The molecular weight excluding hydrogens is 748 g/mol. The number of nitrogens with one attached hydrogen (secondary N) is 1. The van der Waals surface area contributed by atoms with Crippen LogP contribution in [0.15, 0.2) is 29.6 Å². The predicted octanol–water partition coefficient (Wildman–Crippen LogP) is 5.44. The van der Waals surface area contributed by atoms with Crippen LogP contribution in [0, 0.1) is 36.5 Å². The number of ketones is 1. The number of carbonyl (C=O) groups is 3. The van der Waals surface area contributed by atoms with E-state index >= 15 is 0 Å². The number of allylic oxidation sites excluding steroid dienone is 2. The fourth-order valence-corrected chi connectivity index (χ4v) is 8.18. The number of nitrogens with zero attached hydrogens (tertiary/aromatic N) is 3. The zero-order valence-corrected chi connectivity index (χ0v) is 35.2. The van der Waals surface area contributed by atoms with Crippen LogP contribution in [-0.4, -0.2) is 119 Å². The number of aliphatic hydroxyl groups is 1. The van der Waals surface area contributed by atoms with Crippen molar-refractivity contribution in [1.29, 1.82) is 0 Å². The minimum Gasteiger partial charge on any atom is -0.507 e. The lowest BCUT2D eigenvalue weighted by molar-refractivity contribution is -0.159. The second-order valence-electron chi connectivity index (χ2n) is 16.5. The molecule has 15 heteroatoms. The average molecular weight is 809 g/mol. The molecule has 1 unspecified atom stereocenters. The summed E-state index contributed by atoms with van der Waals surface area (Å²) in [6.07, 6.45) is 6.60. The molecule has 4 aliphatic rings. The van der Waals surface area contributed by atoms with Gasteiger partial charge in [-0.1, -0.05) is 46.8 Å². The highest BCUT2D eigenvalue weighted by Crippen LogP contribution is 2.55. The number of aromatic hydroxyl groups is 3. The fourth-order valence-electron chi connectivity index (χ4n) is 8.18. The second kappa shape index (κ2) is 18.0. The molecule has 58 heavy (non-hydrogen) atoms. The molecule has 1 amide bonds. The number of amides is 1. The minimum absolute atomic E-state index is 0.0203. The molecule has 1 fully saturated rings. The van der Waals surface area contributed by atoms with Gasteiger partial charge < -0.3 is 49.6 Å². The van der Waals surface area contributed by atoms with Gasteiger partial charge >= 0.3 is 11.8 Å². The average Bonchev–Trinajstić information content (AvgIpc) is 3.44. The first-order chi connectivity index (χ1) is 27.3. The molecule has 0 saturated carbocycles. The van der Waals surface area contributed by atoms with Crippen molar-refractivity contribution in [3.8, 4) is 23.0 Å². The number of Topliss-reactive ketones (excluding diaryl/α,β-unsaturated/α-hetero) is 1. The number of ether oxygens (including phenoxy) is 4. The molecule has 5 N–H and O–H groups in total. The summed E-state index contributed by atoms with van der Waals surface area (Å²) in [5.74, 6) is -7.12. The predicted molar refractivity (Wildman–Crippen MR) is 219 cm³/mol. The third kappa shape index (κ3) is 8.91. The van der Waals surface area contributed by atoms with Gasteiger partial charge in [0.05, 0.1) is 46.9 Å². The van der Waals surface area contributed by atoms with Gasteiger partial charge in [0, 0.05) is 75.8 Å². The third-order valence-corrected chi connectivity index (χ3v) is 11.9. The Labute approximate surface area is 340 Å². The molecule has 2 aromatic rings. The third-order valence-electron chi connectivity index (χ3n) is 11.9. The number of hydrazone groups is 1. The summed E-state index contributed by atoms with van der Waals surface area (Å²) in [7, 11) is 3.48. The summed E-state index contributed by atoms with van der Waals surface area (Å²) in [5.41, 5.74) is -0.313. The number of hydrogen-bond donors (Lipinski definition) is 5. The van der Waals surface area contributed by atoms with Gasteiger partial charge in [0.1, 0.15) is 23.4 Å². The van der Waals surface area contributed by atoms with Crippen molar-refractivity contribution in [3.05, 3.63) is 41.2 Å². The van der Waals surface area contributed by atoms with E-state index in [1.54, 1.807) is 18.0 Å². The number of anilines is 1. The number of hydrogen-bond acceptors (Lipinski definition) is 14. The van der Waals surface area contributed by atoms with E-state index in [-0.39, 0.29) is 50.7 Å². The molecule has 0 spiro atoms. The lowest BCUT2D eigenvalue weighted by Gasteiger charge is -2.36. The molecule has 2 aromatic carbocycles. The van der Waals surface area contributed by atoms with Crippen LogP contribution >= 0.6 is 0 Å². The Morgan fingerprint density at radius 1 is 1.00 bits per heavy atom. The highest BCUT2D eigenvalue weighted by Gasteiger charge is 2.50. The number of phenolic OH excluding ortho intramolecular Hbond substituents is 3. The molecule has 1 saturated heterocycles. The minimum atomic E-state index is -2.00. The fraction of sp³-hybridized carbons (Fsp3) is 0.581. The van der Waals surface area contributed by atoms with Crippen molar-refractivity contribution < 1.29 is 53.8 Å². The first-order valence-electron chi connectivity index (χ1n) is 20.0. The maximum atomic E-state index is 14.4. The van der Waals surface area contributed by atoms with Gasteiger partial charge in [-0.15, -0.1) is 0 Å². The monoisotopic (exact) mass is 808 g/mol. The number of aliphatic hydroxyl groups excluding tert-OH is 1. The number of likely N-dealkylation sites (N-methyl/N-ethyl adjacent to an activating group) is 1. The summed E-state index contributed by atoms with van der Waals surface area (Å²) in [4.78, 5) is 42.7. The number of benzene rings is 2. The number of piperazine rings is 1. The Bertz CT molecular complexity index is 1970. The van der Waals surface area contributed by atoms with Crippen LogP contribution in [0.4, 0.5) is 5.69 Å². The summed E-state index contributed by atoms with van der Waals surface area (Å²) < 4.78 is 23.7. The first-order valence-corrected chi connectivity index (χ1v) is 20.0. The Balaban J connectivity index is 1.67. The van der Waals surface area contributed by atoms with Crippen LogP contribution in [0.2, 0.25) is 0 Å². The number of rotatable bonds is 4. The standard InChI is InChI=1S/C43H60N4O11/c1-22-12-11-13-23(2)42(54)45-34-29(21-44-47-17-15-46(9)16-18-47)37(51)31-32(38(34)52)36(50)27(6)40-33(31)41(53)43(8,58-40)56-19-14-30(55-10)25(4)39(57-28(7)48)26(5)35(49)24(3)20-22/h11-12,14,19,21-26,30,35,39,49-52H,13,15-18,20H2,1-10H3,(H,45,54)/b12-11+,19-14+,44-21+/t22-,23?,24+,25+,26+,30+,35+,39+,43-/m0/s1. The topological polar surface area (TPSA) is 200 Å². The van der Waals surface area contributed by atoms with Gasteiger partial charge in [0.25, 0.3) is 5.78 Å². The number of fused-ring (bicyclic) bond motifs is 15. The van der Waals surface area contributed by atoms with Crippen molar-refractivity contribution in [1.82, 2.24) is 9.91 Å². The highest BCUT2D eigenvalue weighted by atomic mass is 16.7. The van der Waals surface area contributed by atoms with Crippen LogP contribution in [-0.2, 0) is 23.8 Å². The molecule has 4 heterocycles. The number of carbonyl (C=O) groups excluding carboxylic acids is 3. The van der Waals surface area contributed by atoms with Crippen LogP contribution in [0.5, 0.6) is 23.0 Å².